The molecule has 1 heterocycles. The molecular formula is C21H16F3O4P. The Labute approximate surface area is 165 Å². The van der Waals surface area contributed by atoms with E-state index in [0.717, 1.165) is 24.3 Å². The first-order valence-corrected chi connectivity index (χ1v) is 10.5. The van der Waals surface area contributed by atoms with Crippen LogP contribution >= 0.6 is 7.37 Å². The Morgan fingerprint density at radius 2 is 0.931 bits per heavy atom. The molecule has 4 nitrogen and oxygen atoms in total. The topological polar surface area (TPSA) is 55.8 Å². The third-order valence-corrected chi connectivity index (χ3v) is 6.81. The van der Waals surface area contributed by atoms with Crippen LogP contribution in [0.1, 0.15) is 34.7 Å². The zero-order valence-electron chi connectivity index (χ0n) is 14.9. The quantitative estimate of drug-likeness (QED) is 0.543. The van der Waals surface area contributed by atoms with Crippen molar-refractivity contribution < 1.29 is 32.1 Å². The van der Waals surface area contributed by atoms with Gasteiger partial charge in [-0.25, -0.2) is 13.2 Å². The van der Waals surface area contributed by atoms with Crippen LogP contribution < -0.4 is 0 Å². The van der Waals surface area contributed by atoms with E-state index in [1.54, 1.807) is 0 Å². The number of ether oxygens (including phenoxy) is 2. The summed E-state index contributed by atoms with van der Waals surface area (Å²) in [6.07, 6.45) is -1.09. The van der Waals surface area contributed by atoms with E-state index in [0.29, 0.717) is 16.7 Å². The fourth-order valence-electron chi connectivity index (χ4n) is 3.18. The first kappa shape index (κ1) is 19.9. The second-order valence-electron chi connectivity index (χ2n) is 6.64. The molecule has 0 bridgehead atoms. The van der Waals surface area contributed by atoms with Gasteiger partial charge in [-0.3, -0.25) is 4.57 Å². The lowest BCUT2D eigenvalue weighted by molar-refractivity contribution is -0.195. The standard InChI is InChI=1S/C21H16F3O4P/c22-16-7-1-13(2-8-16)19-27-20(14-3-9-17(23)10-4-14)29(25,26)21(28-19)15-5-11-18(24)12-6-15/h1-12,19-21H,(H,25,26)/t19?,20-,21+. The minimum Gasteiger partial charge on any atom is -0.340 e. The van der Waals surface area contributed by atoms with Crippen LogP contribution in [-0.2, 0) is 14.0 Å². The van der Waals surface area contributed by atoms with E-state index < -0.39 is 42.8 Å². The number of hydrogen-bond donors (Lipinski definition) is 1. The van der Waals surface area contributed by atoms with E-state index in [4.69, 9.17) is 9.47 Å². The summed E-state index contributed by atoms with van der Waals surface area (Å²) in [5.41, 5.74) is 1.02. The summed E-state index contributed by atoms with van der Waals surface area (Å²) in [6.45, 7) is 0. The number of rotatable bonds is 3. The van der Waals surface area contributed by atoms with E-state index in [1.807, 2.05) is 0 Å². The van der Waals surface area contributed by atoms with Crippen molar-refractivity contribution in [2.75, 3.05) is 0 Å². The molecule has 1 aliphatic heterocycles. The van der Waals surface area contributed by atoms with Crippen LogP contribution in [0.4, 0.5) is 13.2 Å². The molecule has 0 saturated carbocycles. The maximum Gasteiger partial charge on any atom is 0.265 e. The van der Waals surface area contributed by atoms with Crippen molar-refractivity contribution >= 4 is 7.37 Å². The monoisotopic (exact) mass is 420 g/mol. The Morgan fingerprint density at radius 3 is 1.28 bits per heavy atom. The molecule has 4 rings (SSSR count). The van der Waals surface area contributed by atoms with Gasteiger partial charge in [-0.05, 0) is 47.5 Å². The third kappa shape index (κ3) is 4.00. The highest BCUT2D eigenvalue weighted by molar-refractivity contribution is 7.58. The van der Waals surface area contributed by atoms with E-state index in [2.05, 4.69) is 0 Å². The van der Waals surface area contributed by atoms with Gasteiger partial charge in [0.15, 0.2) is 18.0 Å². The predicted molar refractivity (Wildman–Crippen MR) is 99.4 cm³/mol. The van der Waals surface area contributed by atoms with Crippen LogP contribution in [0.5, 0.6) is 0 Å². The van der Waals surface area contributed by atoms with E-state index >= 15 is 0 Å². The lowest BCUT2D eigenvalue weighted by Gasteiger charge is -2.39. The SMILES string of the molecule is O=P1(O)[C@@H](c2ccc(F)cc2)OC(c2ccc(F)cc2)O[C@H]1c1ccc(F)cc1. The highest BCUT2D eigenvalue weighted by Crippen LogP contribution is 2.71. The molecule has 29 heavy (non-hydrogen) atoms. The van der Waals surface area contributed by atoms with Crippen molar-refractivity contribution in [3.05, 3.63) is 107 Å². The zero-order chi connectivity index (χ0) is 20.6. The van der Waals surface area contributed by atoms with Crippen LogP contribution in [0.3, 0.4) is 0 Å². The Balaban J connectivity index is 1.78. The summed E-state index contributed by atoms with van der Waals surface area (Å²) >= 11 is 0. The van der Waals surface area contributed by atoms with Crippen LogP contribution in [-0.4, -0.2) is 4.89 Å². The van der Waals surface area contributed by atoms with Crippen molar-refractivity contribution in [1.82, 2.24) is 0 Å². The van der Waals surface area contributed by atoms with Gasteiger partial charge in [-0.2, -0.15) is 0 Å². The van der Waals surface area contributed by atoms with Crippen molar-refractivity contribution in [2.24, 2.45) is 0 Å². The van der Waals surface area contributed by atoms with Gasteiger partial charge in [0.2, 0.25) is 0 Å². The van der Waals surface area contributed by atoms with Gasteiger partial charge in [0, 0.05) is 5.56 Å². The Morgan fingerprint density at radius 1 is 0.621 bits per heavy atom. The average molecular weight is 420 g/mol. The molecule has 4 atom stereocenters. The normalized spacial score (nSPS) is 27.0. The Bertz CT molecular complexity index is 980. The van der Waals surface area contributed by atoms with Crippen LogP contribution in [0.15, 0.2) is 72.8 Å². The van der Waals surface area contributed by atoms with Gasteiger partial charge in [-0.15, -0.1) is 0 Å². The van der Waals surface area contributed by atoms with Crippen molar-refractivity contribution in [2.45, 2.75) is 18.0 Å². The molecule has 150 valence electrons. The Hall–Kier alpha value is -2.44. The predicted octanol–water partition coefficient (Wildman–Crippen LogP) is 5.82. The maximum absolute atomic E-state index is 13.4. The van der Waals surface area contributed by atoms with Crippen molar-refractivity contribution in [1.29, 1.82) is 0 Å². The average Bonchev–Trinajstić information content (AvgIpc) is 2.70. The second-order valence-corrected chi connectivity index (χ2v) is 8.92. The zero-order valence-corrected chi connectivity index (χ0v) is 15.8. The molecule has 3 aromatic carbocycles. The molecule has 2 unspecified atom stereocenters. The van der Waals surface area contributed by atoms with E-state index in [1.165, 1.54) is 48.5 Å². The number of halogens is 3. The van der Waals surface area contributed by atoms with E-state index in [-0.39, 0.29) is 0 Å². The Kier molecular flexibility index (Phi) is 5.32. The van der Waals surface area contributed by atoms with Crippen LogP contribution in [0.25, 0.3) is 0 Å². The van der Waals surface area contributed by atoms with Gasteiger partial charge in [0.05, 0.1) is 0 Å². The van der Waals surface area contributed by atoms with Gasteiger partial charge in [-0.1, -0.05) is 36.4 Å². The number of hydrogen-bond acceptors (Lipinski definition) is 3. The molecule has 0 radical (unpaired) electrons. The fourth-order valence-corrected chi connectivity index (χ4v) is 5.19. The molecule has 0 aromatic heterocycles. The molecule has 0 spiro atoms. The molecule has 1 fully saturated rings. The smallest absolute Gasteiger partial charge is 0.265 e. The minimum absolute atomic E-state index is 0.291. The van der Waals surface area contributed by atoms with Gasteiger partial charge in [0.25, 0.3) is 7.37 Å². The molecule has 3 aromatic rings. The summed E-state index contributed by atoms with van der Waals surface area (Å²) in [7, 11) is -4.21. The highest BCUT2D eigenvalue weighted by Gasteiger charge is 2.49. The lowest BCUT2D eigenvalue weighted by atomic mass is 10.2. The van der Waals surface area contributed by atoms with Crippen molar-refractivity contribution in [3.63, 3.8) is 0 Å². The summed E-state index contributed by atoms with van der Waals surface area (Å²) in [5, 5.41) is 0. The first-order chi connectivity index (χ1) is 13.8. The first-order valence-electron chi connectivity index (χ1n) is 8.74. The van der Waals surface area contributed by atoms with Gasteiger partial charge < -0.3 is 14.4 Å². The van der Waals surface area contributed by atoms with Gasteiger partial charge in [0.1, 0.15) is 17.5 Å². The summed E-state index contributed by atoms with van der Waals surface area (Å²) < 4.78 is 64.9. The fraction of sp³-hybridized carbons (Fsp3) is 0.143. The van der Waals surface area contributed by atoms with Crippen molar-refractivity contribution in [3.8, 4) is 0 Å². The highest BCUT2D eigenvalue weighted by atomic mass is 31.2. The summed E-state index contributed by atoms with van der Waals surface area (Å²) in [4.78, 5) is 10.9. The lowest BCUT2D eigenvalue weighted by Crippen LogP contribution is -2.25. The molecule has 1 saturated heterocycles. The molecule has 0 amide bonds. The summed E-state index contributed by atoms with van der Waals surface area (Å²) in [6, 6.07) is 15.4. The maximum atomic E-state index is 13.4. The minimum atomic E-state index is -4.21. The third-order valence-electron chi connectivity index (χ3n) is 4.63. The molecule has 1 N–H and O–H groups in total. The largest absolute Gasteiger partial charge is 0.340 e. The second kappa shape index (κ2) is 7.76. The van der Waals surface area contributed by atoms with E-state index in [9.17, 15) is 22.6 Å². The molecule has 8 heteroatoms. The van der Waals surface area contributed by atoms with Crippen LogP contribution in [0, 0.1) is 17.5 Å². The molecule has 1 aliphatic rings. The summed E-state index contributed by atoms with van der Waals surface area (Å²) in [5.74, 6) is -4.09. The van der Waals surface area contributed by atoms with Crippen LogP contribution in [0.2, 0.25) is 0 Å². The van der Waals surface area contributed by atoms with Gasteiger partial charge >= 0.3 is 0 Å². The molecular weight excluding hydrogens is 404 g/mol. The number of benzene rings is 3. The molecule has 0 aliphatic carbocycles.